The molecule has 4 heterocycles. The molecule has 2 saturated heterocycles. The third-order valence-electron chi connectivity index (χ3n) is 8.08. The first kappa shape index (κ1) is 25.4. The van der Waals surface area contributed by atoms with Crippen molar-refractivity contribution < 1.29 is 13.5 Å². The summed E-state index contributed by atoms with van der Waals surface area (Å²) in [4.78, 5) is 18.5. The summed E-state index contributed by atoms with van der Waals surface area (Å²) in [5, 5.41) is 6.90. The minimum Gasteiger partial charge on any atom is -0.378 e. The monoisotopic (exact) mass is 526 g/mol. The number of morpholine rings is 1. The third kappa shape index (κ3) is 5.45. The van der Waals surface area contributed by atoms with Crippen LogP contribution in [0.2, 0.25) is 0 Å². The number of nitrogens with one attached hydrogen (secondary N) is 2. The average Bonchev–Trinajstić information content (AvgIpc) is 3.37. The highest BCUT2D eigenvalue weighted by molar-refractivity contribution is 5.78. The van der Waals surface area contributed by atoms with E-state index in [4.69, 9.17) is 14.7 Å². The Labute approximate surface area is 221 Å². The molecule has 2 aliphatic heterocycles. The summed E-state index contributed by atoms with van der Waals surface area (Å²) in [6.45, 7) is 7.82. The number of piperazine rings is 1. The van der Waals surface area contributed by atoms with Gasteiger partial charge in [-0.2, -0.15) is 9.97 Å². The van der Waals surface area contributed by atoms with Gasteiger partial charge in [0.25, 0.3) is 6.43 Å². The van der Waals surface area contributed by atoms with Gasteiger partial charge >= 0.3 is 0 Å². The lowest BCUT2D eigenvalue weighted by Gasteiger charge is -2.39. The van der Waals surface area contributed by atoms with Crippen molar-refractivity contribution >= 4 is 22.8 Å². The molecular weight excluding hydrogens is 490 g/mol. The predicted octanol–water partition coefficient (Wildman–Crippen LogP) is 3.47. The normalized spacial score (nSPS) is 23.3. The average molecular weight is 527 g/mol. The summed E-state index contributed by atoms with van der Waals surface area (Å²) >= 11 is 0. The number of imidazole rings is 1. The summed E-state index contributed by atoms with van der Waals surface area (Å²) < 4.78 is 35.2. The number of halogens is 2. The number of anilines is 2. The highest BCUT2D eigenvalue weighted by Crippen LogP contribution is 2.31. The molecule has 0 unspecified atom stereocenters. The molecule has 1 aliphatic carbocycles. The van der Waals surface area contributed by atoms with E-state index in [-0.39, 0.29) is 5.82 Å². The molecule has 0 spiro atoms. The molecule has 38 heavy (non-hydrogen) atoms. The Bertz CT molecular complexity index is 1220. The maximum Gasteiger partial charge on any atom is 0.296 e. The number of alkyl halides is 2. The van der Waals surface area contributed by atoms with E-state index in [2.05, 4.69) is 25.4 Å². The van der Waals surface area contributed by atoms with Gasteiger partial charge < -0.3 is 20.3 Å². The van der Waals surface area contributed by atoms with Crippen LogP contribution in [-0.2, 0) is 4.74 Å². The zero-order valence-electron chi connectivity index (χ0n) is 21.7. The van der Waals surface area contributed by atoms with Crippen molar-refractivity contribution in [1.82, 2.24) is 29.7 Å². The molecule has 3 aliphatic rings. The van der Waals surface area contributed by atoms with E-state index < -0.39 is 6.43 Å². The van der Waals surface area contributed by atoms with Crippen LogP contribution in [0.15, 0.2) is 30.3 Å². The van der Waals surface area contributed by atoms with Crippen LogP contribution in [-0.4, -0.2) is 89.5 Å². The fraction of sp³-hybridized carbons (Fsp3) is 0.593. The largest absolute Gasteiger partial charge is 0.378 e. The van der Waals surface area contributed by atoms with E-state index >= 15 is 0 Å². The topological polar surface area (TPSA) is 83.4 Å². The lowest BCUT2D eigenvalue weighted by Crippen LogP contribution is -2.49. The lowest BCUT2D eigenvalue weighted by molar-refractivity contribution is 0.122. The lowest BCUT2D eigenvalue weighted by atomic mass is 9.85. The van der Waals surface area contributed by atoms with Crippen molar-refractivity contribution in [3.8, 4) is 5.82 Å². The third-order valence-corrected chi connectivity index (χ3v) is 8.08. The number of nitrogens with zero attached hydrogens (tertiary/aromatic N) is 6. The molecule has 3 fully saturated rings. The maximum atomic E-state index is 14.1. The first-order valence-electron chi connectivity index (χ1n) is 13.8. The van der Waals surface area contributed by atoms with Crippen molar-refractivity contribution in [2.75, 3.05) is 69.2 Å². The van der Waals surface area contributed by atoms with Gasteiger partial charge in [-0.1, -0.05) is 12.1 Å². The van der Waals surface area contributed by atoms with Gasteiger partial charge in [-0.15, -0.1) is 0 Å². The van der Waals surface area contributed by atoms with E-state index in [1.807, 2.05) is 6.07 Å². The molecule has 2 N–H and O–H groups in total. The zero-order valence-corrected chi connectivity index (χ0v) is 21.7. The predicted molar refractivity (Wildman–Crippen MR) is 143 cm³/mol. The minimum absolute atomic E-state index is 0.310. The molecule has 0 amide bonds. The van der Waals surface area contributed by atoms with Crippen molar-refractivity contribution in [3.05, 3.63) is 36.2 Å². The van der Waals surface area contributed by atoms with Crippen molar-refractivity contribution in [3.63, 3.8) is 0 Å². The van der Waals surface area contributed by atoms with Crippen LogP contribution >= 0.6 is 0 Å². The van der Waals surface area contributed by atoms with E-state index in [0.29, 0.717) is 66.9 Å². The Hall–Kier alpha value is -2.89. The first-order valence-corrected chi connectivity index (χ1v) is 13.8. The molecule has 0 atom stereocenters. The van der Waals surface area contributed by atoms with E-state index in [0.717, 1.165) is 32.7 Å². The summed E-state index contributed by atoms with van der Waals surface area (Å²) in [5.41, 5.74) is 1.12. The van der Waals surface area contributed by atoms with Crippen LogP contribution < -0.4 is 15.5 Å². The minimum atomic E-state index is -2.73. The quantitative estimate of drug-likeness (QED) is 0.485. The fourth-order valence-electron chi connectivity index (χ4n) is 6.00. The van der Waals surface area contributed by atoms with E-state index in [1.165, 1.54) is 30.3 Å². The Morgan fingerprint density at radius 3 is 2.45 bits per heavy atom. The van der Waals surface area contributed by atoms with Crippen molar-refractivity contribution in [1.29, 1.82) is 0 Å². The zero-order chi connectivity index (χ0) is 25.9. The Morgan fingerprint density at radius 2 is 1.68 bits per heavy atom. The molecule has 6 rings (SSSR count). The van der Waals surface area contributed by atoms with Crippen molar-refractivity contribution in [2.45, 2.75) is 38.2 Å². The summed E-state index contributed by atoms with van der Waals surface area (Å²) in [6, 6.07) is 9.65. The van der Waals surface area contributed by atoms with E-state index in [1.54, 1.807) is 24.3 Å². The van der Waals surface area contributed by atoms with Gasteiger partial charge in [-0.05, 0) is 43.7 Å². The first-order chi connectivity index (χ1) is 18.7. The van der Waals surface area contributed by atoms with Gasteiger partial charge in [0.15, 0.2) is 5.82 Å². The van der Waals surface area contributed by atoms with Gasteiger partial charge in [0.1, 0.15) is 11.6 Å². The summed E-state index contributed by atoms with van der Waals surface area (Å²) in [5.74, 6) is 1.80. The van der Waals surface area contributed by atoms with Crippen LogP contribution in [0.25, 0.3) is 16.9 Å². The van der Waals surface area contributed by atoms with E-state index in [9.17, 15) is 8.78 Å². The smallest absolute Gasteiger partial charge is 0.296 e. The summed E-state index contributed by atoms with van der Waals surface area (Å²) in [6.07, 6.45) is 2.03. The number of hydrogen-bond donors (Lipinski definition) is 2. The molecule has 11 heteroatoms. The van der Waals surface area contributed by atoms with Gasteiger partial charge in [0.2, 0.25) is 5.95 Å². The Kier molecular flexibility index (Phi) is 7.66. The molecule has 1 saturated carbocycles. The fourth-order valence-corrected chi connectivity index (χ4v) is 6.00. The van der Waals surface area contributed by atoms with Crippen molar-refractivity contribution in [2.24, 2.45) is 5.92 Å². The number of fused-ring (bicyclic) bond motifs is 1. The molecule has 9 nitrogen and oxygen atoms in total. The molecule has 0 radical (unpaired) electrons. The highest BCUT2D eigenvalue weighted by Gasteiger charge is 2.27. The van der Waals surface area contributed by atoms with Crippen LogP contribution in [0.4, 0.5) is 20.5 Å². The SMILES string of the molecule is FC(F)c1nc2ccccc2n1-c1cc(N2CCOCC2)nc(NCC2CCC(N3CCNCC3)CC2)n1. The van der Waals surface area contributed by atoms with Crippen LogP contribution in [0.5, 0.6) is 0 Å². The second-order valence-electron chi connectivity index (χ2n) is 10.4. The van der Waals surface area contributed by atoms with Gasteiger partial charge in [-0.25, -0.2) is 13.8 Å². The second kappa shape index (κ2) is 11.5. The number of benzene rings is 1. The summed E-state index contributed by atoms with van der Waals surface area (Å²) in [7, 11) is 0. The van der Waals surface area contributed by atoms with Crippen LogP contribution in [0, 0.1) is 5.92 Å². The molecule has 204 valence electrons. The molecule has 3 aromatic rings. The number of ether oxygens (including phenoxy) is 1. The molecular formula is C27H36F2N8O. The maximum absolute atomic E-state index is 14.1. The number of para-hydroxylation sites is 2. The van der Waals surface area contributed by atoms with Gasteiger partial charge in [0, 0.05) is 57.9 Å². The number of hydrogen-bond acceptors (Lipinski definition) is 8. The van der Waals surface area contributed by atoms with Gasteiger partial charge in [0.05, 0.1) is 24.2 Å². The Balaban J connectivity index is 1.24. The molecule has 1 aromatic carbocycles. The number of rotatable bonds is 7. The van der Waals surface area contributed by atoms with Crippen LogP contribution in [0.1, 0.15) is 37.9 Å². The van der Waals surface area contributed by atoms with Crippen LogP contribution in [0.3, 0.4) is 0 Å². The molecule has 0 bridgehead atoms. The number of aromatic nitrogens is 4. The Morgan fingerprint density at radius 1 is 0.947 bits per heavy atom. The second-order valence-corrected chi connectivity index (χ2v) is 10.4. The molecule has 2 aromatic heterocycles. The highest BCUT2D eigenvalue weighted by atomic mass is 19.3. The van der Waals surface area contributed by atoms with Gasteiger partial charge in [-0.3, -0.25) is 9.47 Å². The standard InChI is InChI=1S/C27H36F2N8O/c28-25(29)26-32-21-3-1-2-4-22(21)37(26)24-17-23(36-13-15-38-16-14-36)33-27(34-24)31-18-19-5-7-20(8-6-19)35-11-9-30-10-12-35/h1-4,17,19-20,25,30H,5-16,18H2,(H,31,33,34).